The Balaban J connectivity index is 2.13. The van der Waals surface area contributed by atoms with E-state index in [9.17, 15) is 4.79 Å². The number of nitrogens with one attached hydrogen (secondary N) is 1. The van der Waals surface area contributed by atoms with Gasteiger partial charge in [0.25, 0.3) is 5.91 Å². The highest BCUT2D eigenvalue weighted by Crippen LogP contribution is 2.37. The highest BCUT2D eigenvalue weighted by Gasteiger charge is 2.24. The van der Waals surface area contributed by atoms with Gasteiger partial charge in [-0.05, 0) is 31.2 Å². The molecule has 0 aliphatic carbocycles. The number of carbonyl (C=O) groups excluding carboxylic acids is 1. The first kappa shape index (κ1) is 14.2. The molecule has 4 heteroatoms. The van der Waals surface area contributed by atoms with Crippen LogP contribution in [0.15, 0.2) is 36.4 Å². The van der Waals surface area contributed by atoms with Gasteiger partial charge in [0.05, 0.1) is 14.2 Å². The zero-order valence-electron chi connectivity index (χ0n) is 12.8. The van der Waals surface area contributed by atoms with Crippen molar-refractivity contribution in [1.29, 1.82) is 0 Å². The van der Waals surface area contributed by atoms with Crippen LogP contribution in [0.2, 0.25) is 0 Å². The average Bonchev–Trinajstić information content (AvgIpc) is 2.84. The molecule has 4 nitrogen and oxygen atoms in total. The molecule has 0 fully saturated rings. The summed E-state index contributed by atoms with van der Waals surface area (Å²) in [6.07, 6.45) is 1.85. The Labute approximate surface area is 129 Å². The lowest BCUT2D eigenvalue weighted by Gasteiger charge is -2.12. The first-order chi connectivity index (χ1) is 10.7. The van der Waals surface area contributed by atoms with Crippen molar-refractivity contribution in [1.82, 2.24) is 0 Å². The topological polar surface area (TPSA) is 47.6 Å². The molecule has 0 radical (unpaired) electrons. The van der Waals surface area contributed by atoms with E-state index in [-0.39, 0.29) is 5.91 Å². The van der Waals surface area contributed by atoms with E-state index in [1.165, 1.54) is 0 Å². The van der Waals surface area contributed by atoms with E-state index in [1.807, 2.05) is 49.4 Å². The monoisotopic (exact) mass is 295 g/mol. The van der Waals surface area contributed by atoms with Gasteiger partial charge >= 0.3 is 0 Å². The van der Waals surface area contributed by atoms with Crippen LogP contribution in [0.1, 0.15) is 16.7 Å². The Kier molecular flexibility index (Phi) is 3.59. The molecule has 0 atom stereocenters. The van der Waals surface area contributed by atoms with E-state index >= 15 is 0 Å². The fourth-order valence-corrected chi connectivity index (χ4v) is 2.74. The second kappa shape index (κ2) is 5.56. The lowest BCUT2D eigenvalue weighted by molar-refractivity contribution is -0.110. The number of carbonyl (C=O) groups is 1. The molecule has 0 saturated heterocycles. The molecule has 0 bridgehead atoms. The second-order valence-corrected chi connectivity index (χ2v) is 5.07. The van der Waals surface area contributed by atoms with Gasteiger partial charge in [-0.15, -0.1) is 0 Å². The normalized spacial score (nSPS) is 14.7. The van der Waals surface area contributed by atoms with Crippen LogP contribution in [0.4, 0.5) is 5.69 Å². The molecule has 0 saturated carbocycles. The van der Waals surface area contributed by atoms with Gasteiger partial charge in [-0.1, -0.05) is 18.2 Å². The van der Waals surface area contributed by atoms with E-state index < -0.39 is 0 Å². The Bertz CT molecular complexity index is 778. The fourth-order valence-electron chi connectivity index (χ4n) is 2.74. The van der Waals surface area contributed by atoms with Crippen molar-refractivity contribution in [2.75, 3.05) is 19.5 Å². The van der Waals surface area contributed by atoms with Crippen LogP contribution in [0.5, 0.6) is 11.5 Å². The Morgan fingerprint density at radius 2 is 1.82 bits per heavy atom. The van der Waals surface area contributed by atoms with Crippen LogP contribution in [-0.4, -0.2) is 20.1 Å². The molecule has 2 aromatic carbocycles. The summed E-state index contributed by atoms with van der Waals surface area (Å²) in [5.74, 6) is 1.37. The third-order valence-electron chi connectivity index (χ3n) is 3.82. The fraction of sp³-hybridized carbons (Fsp3) is 0.167. The van der Waals surface area contributed by atoms with E-state index in [2.05, 4.69) is 5.32 Å². The summed E-state index contributed by atoms with van der Waals surface area (Å²) in [6.45, 7) is 1.93. The maximum absolute atomic E-state index is 12.2. The molecule has 0 spiro atoms. The van der Waals surface area contributed by atoms with Crippen molar-refractivity contribution in [2.45, 2.75) is 6.92 Å². The zero-order valence-corrected chi connectivity index (χ0v) is 12.8. The maximum Gasteiger partial charge on any atom is 0.256 e. The molecular formula is C18H17NO3. The van der Waals surface area contributed by atoms with Gasteiger partial charge in [0, 0.05) is 28.0 Å². The van der Waals surface area contributed by atoms with E-state index in [0.717, 1.165) is 28.1 Å². The van der Waals surface area contributed by atoms with E-state index in [4.69, 9.17) is 9.47 Å². The molecular weight excluding hydrogens is 278 g/mol. The smallest absolute Gasteiger partial charge is 0.256 e. The number of methoxy groups -OCH3 is 2. The van der Waals surface area contributed by atoms with Crippen molar-refractivity contribution in [2.24, 2.45) is 0 Å². The predicted octanol–water partition coefficient (Wildman–Crippen LogP) is 3.50. The van der Waals surface area contributed by atoms with Crippen LogP contribution in [-0.2, 0) is 4.79 Å². The van der Waals surface area contributed by atoms with Gasteiger partial charge in [-0.25, -0.2) is 0 Å². The van der Waals surface area contributed by atoms with Gasteiger partial charge in [-0.3, -0.25) is 4.79 Å². The van der Waals surface area contributed by atoms with Crippen molar-refractivity contribution in [3.05, 3.63) is 53.1 Å². The SMILES string of the molecule is COc1ccc(/C=C2\C(=O)Nc3ccccc32)c(OC)c1C. The third-order valence-corrected chi connectivity index (χ3v) is 3.82. The number of amides is 1. The summed E-state index contributed by atoms with van der Waals surface area (Å²) in [4.78, 5) is 12.2. The number of rotatable bonds is 3. The lowest BCUT2D eigenvalue weighted by Crippen LogP contribution is -2.04. The van der Waals surface area contributed by atoms with Crippen LogP contribution in [0, 0.1) is 6.92 Å². The Morgan fingerprint density at radius 3 is 2.55 bits per heavy atom. The summed E-state index contributed by atoms with van der Waals surface area (Å²) >= 11 is 0. The van der Waals surface area contributed by atoms with Gasteiger partial charge in [0.2, 0.25) is 0 Å². The zero-order chi connectivity index (χ0) is 15.7. The van der Waals surface area contributed by atoms with Crippen molar-refractivity contribution < 1.29 is 14.3 Å². The summed E-state index contributed by atoms with van der Waals surface area (Å²) in [5, 5.41) is 2.87. The molecule has 112 valence electrons. The highest BCUT2D eigenvalue weighted by molar-refractivity contribution is 6.35. The van der Waals surface area contributed by atoms with Gasteiger partial charge < -0.3 is 14.8 Å². The molecule has 1 heterocycles. The maximum atomic E-state index is 12.2. The Morgan fingerprint density at radius 1 is 1.05 bits per heavy atom. The molecule has 0 aromatic heterocycles. The number of hydrogen-bond donors (Lipinski definition) is 1. The van der Waals surface area contributed by atoms with Crippen molar-refractivity contribution >= 4 is 23.2 Å². The van der Waals surface area contributed by atoms with Crippen molar-refractivity contribution in [3.8, 4) is 11.5 Å². The molecule has 0 unspecified atom stereocenters. The predicted molar refractivity (Wildman–Crippen MR) is 87.2 cm³/mol. The number of para-hydroxylation sites is 1. The molecule has 2 aromatic rings. The molecule has 1 amide bonds. The summed E-state index contributed by atoms with van der Waals surface area (Å²) < 4.78 is 10.8. The standard InChI is InChI=1S/C18H17NO3/c1-11-16(21-2)9-8-12(17(11)22-3)10-14-13-6-4-5-7-15(13)19-18(14)20/h4-10H,1-3H3,(H,19,20)/b14-10-. The first-order valence-electron chi connectivity index (χ1n) is 6.99. The van der Waals surface area contributed by atoms with Crippen LogP contribution >= 0.6 is 0 Å². The third kappa shape index (κ3) is 2.22. The molecule has 1 aliphatic rings. The Hall–Kier alpha value is -2.75. The largest absolute Gasteiger partial charge is 0.496 e. The summed E-state index contributed by atoms with van der Waals surface area (Å²) in [6, 6.07) is 11.4. The second-order valence-electron chi connectivity index (χ2n) is 5.07. The molecule has 22 heavy (non-hydrogen) atoms. The number of benzene rings is 2. The van der Waals surface area contributed by atoms with E-state index in [0.29, 0.717) is 11.3 Å². The minimum Gasteiger partial charge on any atom is -0.496 e. The molecule has 1 N–H and O–H groups in total. The number of ether oxygens (including phenoxy) is 2. The minimum atomic E-state index is -0.100. The van der Waals surface area contributed by atoms with Gasteiger partial charge in [0.1, 0.15) is 11.5 Å². The lowest BCUT2D eigenvalue weighted by atomic mass is 10.0. The summed E-state index contributed by atoms with van der Waals surface area (Å²) in [7, 11) is 3.24. The number of hydrogen-bond acceptors (Lipinski definition) is 3. The number of anilines is 1. The van der Waals surface area contributed by atoms with E-state index in [1.54, 1.807) is 14.2 Å². The van der Waals surface area contributed by atoms with Crippen LogP contribution in [0.3, 0.4) is 0 Å². The quantitative estimate of drug-likeness (QED) is 0.882. The van der Waals surface area contributed by atoms with Gasteiger partial charge in [-0.2, -0.15) is 0 Å². The van der Waals surface area contributed by atoms with Crippen LogP contribution in [0.25, 0.3) is 11.6 Å². The van der Waals surface area contributed by atoms with Crippen molar-refractivity contribution in [3.63, 3.8) is 0 Å². The number of fused-ring (bicyclic) bond motifs is 1. The minimum absolute atomic E-state index is 0.100. The summed E-state index contributed by atoms with van der Waals surface area (Å²) in [5.41, 5.74) is 4.14. The average molecular weight is 295 g/mol. The highest BCUT2D eigenvalue weighted by atomic mass is 16.5. The van der Waals surface area contributed by atoms with Crippen LogP contribution < -0.4 is 14.8 Å². The van der Waals surface area contributed by atoms with Gasteiger partial charge in [0.15, 0.2) is 0 Å². The molecule has 1 aliphatic heterocycles. The first-order valence-corrected chi connectivity index (χ1v) is 6.99. The molecule has 3 rings (SSSR count).